The molecule has 0 aliphatic carbocycles. The molecule has 0 N–H and O–H groups in total. The number of likely N-dealkylation sites (tertiary alicyclic amines) is 1. The Bertz CT molecular complexity index is 755. The van der Waals surface area contributed by atoms with Crippen LogP contribution in [0, 0.1) is 5.92 Å². The van der Waals surface area contributed by atoms with Gasteiger partial charge in [-0.15, -0.1) is 0 Å². The van der Waals surface area contributed by atoms with E-state index in [-0.39, 0.29) is 5.91 Å². The summed E-state index contributed by atoms with van der Waals surface area (Å²) in [6.45, 7) is 1.64. The SMILES string of the molecule is COc1cc(/C=C/C(=O)N2CCC(Cc3ccccc3)CC2)cc(OC)c1. The van der Waals surface area contributed by atoms with Crippen molar-refractivity contribution in [1.82, 2.24) is 4.90 Å². The molecule has 3 rings (SSSR count). The molecule has 1 saturated heterocycles. The average molecular weight is 365 g/mol. The minimum Gasteiger partial charge on any atom is -0.497 e. The van der Waals surface area contributed by atoms with E-state index in [0.717, 1.165) is 37.9 Å². The lowest BCUT2D eigenvalue weighted by Crippen LogP contribution is -2.37. The van der Waals surface area contributed by atoms with Crippen LogP contribution in [0.5, 0.6) is 11.5 Å². The van der Waals surface area contributed by atoms with Gasteiger partial charge in [-0.3, -0.25) is 4.79 Å². The van der Waals surface area contributed by atoms with E-state index in [2.05, 4.69) is 30.3 Å². The number of ether oxygens (including phenoxy) is 2. The van der Waals surface area contributed by atoms with E-state index >= 15 is 0 Å². The zero-order chi connectivity index (χ0) is 19.1. The fraction of sp³-hybridized carbons (Fsp3) is 0.348. The number of carbonyl (C=O) groups excluding carboxylic acids is 1. The first kappa shape index (κ1) is 19.0. The largest absolute Gasteiger partial charge is 0.497 e. The average Bonchev–Trinajstić information content (AvgIpc) is 2.73. The number of hydrogen-bond acceptors (Lipinski definition) is 3. The van der Waals surface area contributed by atoms with Crippen molar-refractivity contribution in [1.29, 1.82) is 0 Å². The van der Waals surface area contributed by atoms with Gasteiger partial charge < -0.3 is 14.4 Å². The molecule has 0 bridgehead atoms. The van der Waals surface area contributed by atoms with Gasteiger partial charge in [0.25, 0.3) is 0 Å². The molecule has 142 valence electrons. The van der Waals surface area contributed by atoms with Crippen LogP contribution >= 0.6 is 0 Å². The fourth-order valence-corrected chi connectivity index (χ4v) is 3.50. The molecule has 1 aliphatic heterocycles. The summed E-state index contributed by atoms with van der Waals surface area (Å²) >= 11 is 0. The van der Waals surface area contributed by atoms with Gasteiger partial charge in [-0.05, 0) is 54.5 Å². The lowest BCUT2D eigenvalue weighted by Gasteiger charge is -2.31. The van der Waals surface area contributed by atoms with Gasteiger partial charge in [0, 0.05) is 25.2 Å². The van der Waals surface area contributed by atoms with E-state index in [1.54, 1.807) is 20.3 Å². The summed E-state index contributed by atoms with van der Waals surface area (Å²) < 4.78 is 10.5. The lowest BCUT2D eigenvalue weighted by molar-refractivity contribution is -0.127. The first-order valence-corrected chi connectivity index (χ1v) is 9.42. The van der Waals surface area contributed by atoms with Crippen molar-refractivity contribution in [2.45, 2.75) is 19.3 Å². The van der Waals surface area contributed by atoms with Gasteiger partial charge in [0.05, 0.1) is 14.2 Å². The molecule has 0 radical (unpaired) electrons. The van der Waals surface area contributed by atoms with E-state index in [9.17, 15) is 4.79 Å². The quantitative estimate of drug-likeness (QED) is 0.720. The van der Waals surface area contributed by atoms with E-state index in [4.69, 9.17) is 9.47 Å². The third-order valence-corrected chi connectivity index (χ3v) is 5.09. The van der Waals surface area contributed by atoms with Crippen molar-refractivity contribution in [3.8, 4) is 11.5 Å². The maximum absolute atomic E-state index is 12.5. The highest BCUT2D eigenvalue weighted by Gasteiger charge is 2.21. The van der Waals surface area contributed by atoms with E-state index in [0.29, 0.717) is 17.4 Å². The van der Waals surface area contributed by atoms with Crippen LogP contribution in [0.1, 0.15) is 24.0 Å². The summed E-state index contributed by atoms with van der Waals surface area (Å²) in [6, 6.07) is 16.2. The van der Waals surface area contributed by atoms with Crippen LogP contribution in [0.4, 0.5) is 0 Å². The summed E-state index contributed by atoms with van der Waals surface area (Å²) in [4.78, 5) is 14.5. The van der Waals surface area contributed by atoms with Gasteiger partial charge in [0.2, 0.25) is 5.91 Å². The molecule has 0 atom stereocenters. The Morgan fingerprint density at radius 2 is 1.67 bits per heavy atom. The van der Waals surface area contributed by atoms with Crippen molar-refractivity contribution >= 4 is 12.0 Å². The summed E-state index contributed by atoms with van der Waals surface area (Å²) in [5.74, 6) is 2.14. The van der Waals surface area contributed by atoms with Crippen molar-refractivity contribution < 1.29 is 14.3 Å². The van der Waals surface area contributed by atoms with Gasteiger partial charge in [-0.2, -0.15) is 0 Å². The number of amides is 1. The Hall–Kier alpha value is -2.75. The lowest BCUT2D eigenvalue weighted by atomic mass is 9.90. The van der Waals surface area contributed by atoms with Crippen molar-refractivity contribution in [3.05, 3.63) is 65.7 Å². The van der Waals surface area contributed by atoms with Crippen LogP contribution in [-0.2, 0) is 11.2 Å². The Morgan fingerprint density at radius 1 is 1.04 bits per heavy atom. The smallest absolute Gasteiger partial charge is 0.246 e. The topological polar surface area (TPSA) is 38.8 Å². The van der Waals surface area contributed by atoms with E-state index in [1.165, 1.54) is 5.56 Å². The zero-order valence-electron chi connectivity index (χ0n) is 16.1. The molecule has 27 heavy (non-hydrogen) atoms. The highest BCUT2D eigenvalue weighted by molar-refractivity contribution is 5.92. The Morgan fingerprint density at radius 3 is 2.26 bits per heavy atom. The Labute approximate surface area is 161 Å². The molecule has 2 aromatic carbocycles. The molecular weight excluding hydrogens is 338 g/mol. The third-order valence-electron chi connectivity index (χ3n) is 5.09. The highest BCUT2D eigenvalue weighted by atomic mass is 16.5. The molecule has 4 heteroatoms. The minimum absolute atomic E-state index is 0.0648. The van der Waals surface area contributed by atoms with Crippen LogP contribution < -0.4 is 9.47 Å². The summed E-state index contributed by atoms with van der Waals surface area (Å²) in [6.07, 6.45) is 6.68. The molecule has 1 amide bonds. The number of benzene rings is 2. The monoisotopic (exact) mass is 365 g/mol. The van der Waals surface area contributed by atoms with E-state index in [1.807, 2.05) is 29.2 Å². The van der Waals surface area contributed by atoms with E-state index < -0.39 is 0 Å². The molecule has 4 nitrogen and oxygen atoms in total. The maximum Gasteiger partial charge on any atom is 0.246 e. The normalized spacial score (nSPS) is 15.1. The van der Waals surface area contributed by atoms with Gasteiger partial charge in [0.15, 0.2) is 0 Å². The molecule has 0 spiro atoms. The molecule has 0 saturated carbocycles. The Balaban J connectivity index is 1.54. The van der Waals surface area contributed by atoms with Crippen LogP contribution in [0.3, 0.4) is 0 Å². The van der Waals surface area contributed by atoms with Crippen LogP contribution in [-0.4, -0.2) is 38.1 Å². The molecule has 0 unspecified atom stereocenters. The third kappa shape index (κ3) is 5.36. The Kier molecular flexibility index (Phi) is 6.53. The summed E-state index contributed by atoms with van der Waals surface area (Å²) in [5.41, 5.74) is 2.27. The molecule has 1 aliphatic rings. The van der Waals surface area contributed by atoms with Crippen molar-refractivity contribution in [2.24, 2.45) is 5.92 Å². The van der Waals surface area contributed by atoms with Crippen LogP contribution in [0.15, 0.2) is 54.6 Å². The molecule has 1 heterocycles. The number of rotatable bonds is 6. The number of nitrogens with zero attached hydrogens (tertiary/aromatic N) is 1. The van der Waals surface area contributed by atoms with Crippen molar-refractivity contribution in [2.75, 3.05) is 27.3 Å². The van der Waals surface area contributed by atoms with Crippen molar-refractivity contribution in [3.63, 3.8) is 0 Å². The second kappa shape index (κ2) is 9.26. The minimum atomic E-state index is 0.0648. The first-order valence-electron chi connectivity index (χ1n) is 9.42. The molecule has 2 aromatic rings. The second-order valence-electron chi connectivity index (χ2n) is 6.94. The predicted molar refractivity (Wildman–Crippen MR) is 108 cm³/mol. The second-order valence-corrected chi connectivity index (χ2v) is 6.94. The molecule has 1 fully saturated rings. The van der Waals surface area contributed by atoms with Gasteiger partial charge in [0.1, 0.15) is 11.5 Å². The van der Waals surface area contributed by atoms with Crippen LogP contribution in [0.2, 0.25) is 0 Å². The zero-order valence-corrected chi connectivity index (χ0v) is 16.1. The highest BCUT2D eigenvalue weighted by Crippen LogP contribution is 2.24. The first-order chi connectivity index (χ1) is 13.2. The fourth-order valence-electron chi connectivity index (χ4n) is 3.50. The predicted octanol–water partition coefficient (Wildman–Crippen LogP) is 4.20. The number of methoxy groups -OCH3 is 2. The summed E-state index contributed by atoms with van der Waals surface area (Å²) in [5, 5.41) is 0. The summed E-state index contributed by atoms with van der Waals surface area (Å²) in [7, 11) is 3.24. The molecular formula is C23H27NO3. The standard InChI is InChI=1S/C23H27NO3/c1-26-21-15-20(16-22(17-21)27-2)8-9-23(25)24-12-10-19(11-13-24)14-18-6-4-3-5-7-18/h3-9,15-17,19H,10-14H2,1-2H3/b9-8+. The number of hydrogen-bond donors (Lipinski definition) is 0. The number of piperidine rings is 1. The molecule has 0 aromatic heterocycles. The van der Waals surface area contributed by atoms with Gasteiger partial charge in [-0.1, -0.05) is 30.3 Å². The maximum atomic E-state index is 12.5. The van der Waals surface area contributed by atoms with Gasteiger partial charge in [-0.25, -0.2) is 0 Å². The van der Waals surface area contributed by atoms with Crippen LogP contribution in [0.25, 0.3) is 6.08 Å². The number of carbonyl (C=O) groups is 1. The van der Waals surface area contributed by atoms with Gasteiger partial charge >= 0.3 is 0 Å².